The normalized spacial score (nSPS) is 37.2. The minimum Gasteiger partial charge on any atom is -0.394 e. The number of benzene rings is 1. The molecule has 0 unspecified atom stereocenters. The zero-order valence-corrected chi connectivity index (χ0v) is 11.0. The lowest BCUT2D eigenvalue weighted by Crippen LogP contribution is -2.44. The molecule has 0 bridgehead atoms. The summed E-state index contributed by atoms with van der Waals surface area (Å²) < 4.78 is 17.2. The Morgan fingerprint density at radius 1 is 1.10 bits per heavy atom. The van der Waals surface area contributed by atoms with Gasteiger partial charge in [-0.05, 0) is 0 Å². The van der Waals surface area contributed by atoms with Crippen molar-refractivity contribution >= 4 is 0 Å². The number of aliphatic hydroxyl groups excluding tert-OH is 2. The number of aliphatic hydroxyl groups is 2. The van der Waals surface area contributed by atoms with E-state index < -0.39 is 18.5 Å². The van der Waals surface area contributed by atoms with Crippen LogP contribution in [0.5, 0.6) is 0 Å². The van der Waals surface area contributed by atoms with Crippen molar-refractivity contribution in [2.24, 2.45) is 0 Å². The zero-order chi connectivity index (χ0) is 13.9. The number of hydrogen-bond donors (Lipinski definition) is 2. The highest BCUT2D eigenvalue weighted by atomic mass is 16.7. The second-order valence-corrected chi connectivity index (χ2v) is 4.95. The standard InChI is InChI=1S/C15H18O5/c16-8-13-11(17)6-7-12-14(19-13)9-18-15(20-12)10-4-2-1-3-5-10/h1-7,11-17H,8-9H2/t11-,12+,13+,14-,15-/m1/s1. The van der Waals surface area contributed by atoms with Crippen LogP contribution >= 0.6 is 0 Å². The fourth-order valence-electron chi connectivity index (χ4n) is 2.42. The first-order chi connectivity index (χ1) is 9.78. The summed E-state index contributed by atoms with van der Waals surface area (Å²) in [5, 5.41) is 19.0. The van der Waals surface area contributed by atoms with Gasteiger partial charge in [0.1, 0.15) is 24.4 Å². The van der Waals surface area contributed by atoms with E-state index in [1.165, 1.54) is 0 Å². The van der Waals surface area contributed by atoms with Gasteiger partial charge in [0.15, 0.2) is 6.29 Å². The molecule has 5 atom stereocenters. The van der Waals surface area contributed by atoms with Gasteiger partial charge in [-0.2, -0.15) is 0 Å². The Bertz CT molecular complexity index is 461. The molecule has 1 aromatic carbocycles. The van der Waals surface area contributed by atoms with E-state index >= 15 is 0 Å². The van der Waals surface area contributed by atoms with Crippen molar-refractivity contribution in [2.45, 2.75) is 30.7 Å². The molecule has 1 aromatic rings. The van der Waals surface area contributed by atoms with E-state index in [2.05, 4.69) is 0 Å². The van der Waals surface area contributed by atoms with E-state index in [1.807, 2.05) is 30.3 Å². The van der Waals surface area contributed by atoms with Crippen LogP contribution in [0.4, 0.5) is 0 Å². The van der Waals surface area contributed by atoms with Crippen molar-refractivity contribution in [3.05, 3.63) is 48.0 Å². The van der Waals surface area contributed by atoms with Crippen LogP contribution in [-0.2, 0) is 14.2 Å². The third-order valence-electron chi connectivity index (χ3n) is 3.54. The quantitative estimate of drug-likeness (QED) is 0.782. The summed E-state index contributed by atoms with van der Waals surface area (Å²) in [6.45, 7) is 0.120. The average Bonchev–Trinajstić information content (AvgIpc) is 2.67. The molecule has 2 N–H and O–H groups in total. The van der Waals surface area contributed by atoms with E-state index in [0.29, 0.717) is 6.61 Å². The highest BCUT2D eigenvalue weighted by Crippen LogP contribution is 2.30. The highest BCUT2D eigenvalue weighted by molar-refractivity contribution is 5.17. The van der Waals surface area contributed by atoms with Gasteiger partial charge in [0.25, 0.3) is 0 Å². The molecule has 20 heavy (non-hydrogen) atoms. The van der Waals surface area contributed by atoms with Crippen LogP contribution in [0, 0.1) is 0 Å². The van der Waals surface area contributed by atoms with Gasteiger partial charge in [-0.15, -0.1) is 0 Å². The Kier molecular flexibility index (Phi) is 4.14. The van der Waals surface area contributed by atoms with E-state index in [9.17, 15) is 10.2 Å². The van der Waals surface area contributed by atoms with Crippen molar-refractivity contribution in [3.8, 4) is 0 Å². The minimum atomic E-state index is -0.829. The van der Waals surface area contributed by atoms with Gasteiger partial charge in [-0.25, -0.2) is 0 Å². The number of ether oxygens (including phenoxy) is 3. The van der Waals surface area contributed by atoms with E-state index in [-0.39, 0.29) is 18.8 Å². The smallest absolute Gasteiger partial charge is 0.184 e. The summed E-state index contributed by atoms with van der Waals surface area (Å²) in [4.78, 5) is 0. The lowest BCUT2D eigenvalue weighted by atomic mass is 10.1. The van der Waals surface area contributed by atoms with E-state index in [0.717, 1.165) is 5.56 Å². The molecule has 0 radical (unpaired) electrons. The molecule has 0 aliphatic carbocycles. The summed E-state index contributed by atoms with van der Waals surface area (Å²) in [7, 11) is 0. The van der Waals surface area contributed by atoms with E-state index in [4.69, 9.17) is 14.2 Å². The summed E-state index contributed by atoms with van der Waals surface area (Å²) >= 11 is 0. The van der Waals surface area contributed by atoms with Crippen molar-refractivity contribution < 1.29 is 24.4 Å². The number of fused-ring (bicyclic) bond motifs is 1. The summed E-state index contributed by atoms with van der Waals surface area (Å²) in [5.74, 6) is 0. The van der Waals surface area contributed by atoms with E-state index in [1.54, 1.807) is 12.2 Å². The third-order valence-corrected chi connectivity index (χ3v) is 3.54. The lowest BCUT2D eigenvalue weighted by Gasteiger charge is -2.35. The monoisotopic (exact) mass is 278 g/mol. The SMILES string of the molecule is OC[C@@H]1O[C@@H]2CO[C@@H](c3ccccc3)O[C@H]2C=C[C@H]1O. The van der Waals surface area contributed by atoms with Crippen molar-refractivity contribution in [1.29, 1.82) is 0 Å². The summed E-state index contributed by atoms with van der Waals surface area (Å²) in [5.41, 5.74) is 0.947. The van der Waals surface area contributed by atoms with Gasteiger partial charge in [-0.1, -0.05) is 42.5 Å². The maximum Gasteiger partial charge on any atom is 0.184 e. The predicted octanol–water partition coefficient (Wildman–Crippen LogP) is 0.777. The van der Waals surface area contributed by atoms with Gasteiger partial charge >= 0.3 is 0 Å². The molecular weight excluding hydrogens is 260 g/mol. The molecule has 0 amide bonds. The maximum atomic E-state index is 9.81. The van der Waals surface area contributed by atoms with Crippen molar-refractivity contribution in [1.82, 2.24) is 0 Å². The first kappa shape index (κ1) is 13.7. The van der Waals surface area contributed by atoms with Gasteiger partial charge in [0.05, 0.1) is 13.2 Å². The largest absolute Gasteiger partial charge is 0.394 e. The molecule has 108 valence electrons. The second-order valence-electron chi connectivity index (χ2n) is 4.95. The maximum absolute atomic E-state index is 9.81. The lowest BCUT2D eigenvalue weighted by molar-refractivity contribution is -0.263. The predicted molar refractivity (Wildman–Crippen MR) is 70.9 cm³/mol. The van der Waals surface area contributed by atoms with Gasteiger partial charge < -0.3 is 24.4 Å². The molecule has 2 heterocycles. The molecule has 0 spiro atoms. The van der Waals surface area contributed by atoms with Gasteiger partial charge in [0, 0.05) is 5.56 Å². The minimum absolute atomic E-state index is 0.239. The first-order valence-corrected chi connectivity index (χ1v) is 6.72. The molecule has 0 aromatic heterocycles. The summed E-state index contributed by atoms with van der Waals surface area (Å²) in [6, 6.07) is 9.68. The van der Waals surface area contributed by atoms with Gasteiger partial charge in [-0.3, -0.25) is 0 Å². The van der Waals surface area contributed by atoms with Crippen LogP contribution in [-0.4, -0.2) is 47.8 Å². The zero-order valence-electron chi connectivity index (χ0n) is 11.0. The Morgan fingerprint density at radius 3 is 2.65 bits per heavy atom. The molecule has 1 fully saturated rings. The fraction of sp³-hybridized carbons (Fsp3) is 0.467. The van der Waals surface area contributed by atoms with Crippen LogP contribution in [0.25, 0.3) is 0 Å². The van der Waals surface area contributed by atoms with Crippen LogP contribution in [0.15, 0.2) is 42.5 Å². The van der Waals surface area contributed by atoms with Gasteiger partial charge in [0.2, 0.25) is 0 Å². The number of rotatable bonds is 2. The Labute approximate surface area is 117 Å². The van der Waals surface area contributed by atoms with Crippen LogP contribution in [0.3, 0.4) is 0 Å². The highest BCUT2D eigenvalue weighted by Gasteiger charge is 2.36. The van der Waals surface area contributed by atoms with Crippen LogP contribution < -0.4 is 0 Å². The molecule has 5 heteroatoms. The molecule has 0 saturated carbocycles. The fourth-order valence-corrected chi connectivity index (χ4v) is 2.42. The molecule has 2 aliphatic rings. The van der Waals surface area contributed by atoms with Crippen molar-refractivity contribution in [2.75, 3.05) is 13.2 Å². The van der Waals surface area contributed by atoms with Crippen LogP contribution in [0.1, 0.15) is 11.9 Å². The number of hydrogen-bond acceptors (Lipinski definition) is 5. The van der Waals surface area contributed by atoms with Crippen molar-refractivity contribution in [3.63, 3.8) is 0 Å². The Hall–Kier alpha value is -1.24. The molecule has 5 nitrogen and oxygen atoms in total. The first-order valence-electron chi connectivity index (χ1n) is 6.72. The second kappa shape index (κ2) is 6.03. The van der Waals surface area contributed by atoms with Crippen LogP contribution in [0.2, 0.25) is 0 Å². The molecular formula is C15H18O5. The third kappa shape index (κ3) is 2.77. The average molecular weight is 278 g/mol. The molecule has 3 rings (SSSR count). The Morgan fingerprint density at radius 2 is 1.90 bits per heavy atom. The summed E-state index contributed by atoms with van der Waals surface area (Å²) in [6.07, 6.45) is 0.878. The molecule has 2 aliphatic heterocycles. The molecule has 1 saturated heterocycles. The topological polar surface area (TPSA) is 68.2 Å². The Balaban J connectivity index is 1.73.